The second-order valence-electron chi connectivity index (χ2n) is 8.48. The van der Waals surface area contributed by atoms with Crippen LogP contribution in [0, 0.1) is 29.6 Å². The van der Waals surface area contributed by atoms with Gasteiger partial charge in [-0.1, -0.05) is 45.9 Å². The van der Waals surface area contributed by atoms with Gasteiger partial charge >= 0.3 is 11.9 Å². The van der Waals surface area contributed by atoms with Gasteiger partial charge in [-0.05, 0) is 49.0 Å². The van der Waals surface area contributed by atoms with E-state index in [0.717, 1.165) is 12.5 Å². The summed E-state index contributed by atoms with van der Waals surface area (Å²) < 4.78 is 73.0. The molecule has 0 saturated carbocycles. The molecule has 162 valence electrons. The van der Waals surface area contributed by atoms with Crippen molar-refractivity contribution in [1.82, 2.24) is 0 Å². The van der Waals surface area contributed by atoms with E-state index < -0.39 is 55.7 Å². The lowest BCUT2D eigenvalue weighted by molar-refractivity contribution is -0.162. The van der Waals surface area contributed by atoms with Crippen LogP contribution in [0.3, 0.4) is 0 Å². The molecule has 5 nitrogen and oxygen atoms in total. The first-order valence-corrected chi connectivity index (χ1v) is 10.3. The van der Waals surface area contributed by atoms with Crippen molar-refractivity contribution in [3.63, 3.8) is 0 Å². The van der Waals surface area contributed by atoms with Gasteiger partial charge in [0, 0.05) is 23.3 Å². The molecule has 29 heavy (non-hydrogen) atoms. The molecule has 1 fully saturated rings. The largest absolute Gasteiger partial charge is 0.462 e. The highest BCUT2D eigenvalue weighted by Crippen LogP contribution is 2.45. The van der Waals surface area contributed by atoms with Crippen LogP contribution in [0.1, 0.15) is 77.0 Å². The quantitative estimate of drug-likeness (QED) is 0.662. The Balaban J connectivity index is 1.81. The number of aliphatic hydroxyl groups excluding tert-OH is 1. The third kappa shape index (κ3) is 5.30. The summed E-state index contributed by atoms with van der Waals surface area (Å²) in [5.41, 5.74) is 0.933. The predicted molar refractivity (Wildman–Crippen MR) is 111 cm³/mol. The number of hydrogen-bond acceptors (Lipinski definition) is 5. The zero-order chi connectivity index (χ0) is 28.1. The highest BCUT2D eigenvalue weighted by Gasteiger charge is 2.42. The first-order chi connectivity index (χ1) is 16.8. The summed E-state index contributed by atoms with van der Waals surface area (Å²) in [4.78, 5) is 25.1. The van der Waals surface area contributed by atoms with Crippen molar-refractivity contribution in [2.24, 2.45) is 29.6 Å². The lowest BCUT2D eigenvalue weighted by Gasteiger charge is -2.43. The van der Waals surface area contributed by atoms with Gasteiger partial charge in [0.25, 0.3) is 0 Å². The number of ether oxygens (including phenoxy) is 2. The minimum Gasteiger partial charge on any atom is -0.462 e. The third-order valence-corrected chi connectivity index (χ3v) is 6.21. The molecule has 5 heteroatoms. The van der Waals surface area contributed by atoms with Crippen molar-refractivity contribution in [1.29, 1.82) is 0 Å². The van der Waals surface area contributed by atoms with E-state index >= 15 is 0 Å². The molecule has 0 aromatic carbocycles. The molecule has 0 aromatic rings. The molecule has 0 spiro atoms. The van der Waals surface area contributed by atoms with E-state index in [0.29, 0.717) is 19.3 Å². The number of esters is 2. The molecule has 3 aliphatic rings. The van der Waals surface area contributed by atoms with Gasteiger partial charge in [-0.2, -0.15) is 0 Å². The van der Waals surface area contributed by atoms with Crippen molar-refractivity contribution in [3.8, 4) is 0 Å². The Kier molecular flexibility index (Phi) is 4.45. The molecule has 1 saturated heterocycles. The fourth-order valence-electron chi connectivity index (χ4n) is 4.73. The molecule has 1 unspecified atom stereocenters. The average molecular weight is 413 g/mol. The number of cyclic esters (lactones) is 1. The summed E-state index contributed by atoms with van der Waals surface area (Å²) in [5.74, 6) is -5.33. The Morgan fingerprint density at radius 1 is 1.48 bits per heavy atom. The summed E-state index contributed by atoms with van der Waals surface area (Å²) in [7, 11) is 0. The van der Waals surface area contributed by atoms with Crippen LogP contribution in [0.25, 0.3) is 0 Å². The van der Waals surface area contributed by atoms with Gasteiger partial charge < -0.3 is 14.6 Å². The Bertz CT molecular complexity index is 957. The average Bonchev–Trinajstić information content (AvgIpc) is 2.76. The fraction of sp³-hybridized carbons (Fsp3) is 0.750. The summed E-state index contributed by atoms with van der Waals surface area (Å²) >= 11 is 0. The molecule has 3 rings (SSSR count). The molecule has 0 amide bonds. The number of aliphatic hydroxyl groups is 1. The lowest BCUT2D eigenvalue weighted by Crippen LogP contribution is -2.42. The van der Waals surface area contributed by atoms with E-state index in [1.807, 2.05) is 26.0 Å². The fourth-order valence-corrected chi connectivity index (χ4v) is 4.73. The molecule has 2 aliphatic carbocycles. The van der Waals surface area contributed by atoms with Crippen LogP contribution < -0.4 is 0 Å². The van der Waals surface area contributed by atoms with Crippen molar-refractivity contribution in [3.05, 3.63) is 23.8 Å². The van der Waals surface area contributed by atoms with Gasteiger partial charge in [-0.3, -0.25) is 9.59 Å². The zero-order valence-electron chi connectivity index (χ0n) is 25.2. The molecule has 0 aromatic heterocycles. The second-order valence-corrected chi connectivity index (χ2v) is 8.48. The van der Waals surface area contributed by atoms with Crippen LogP contribution in [-0.4, -0.2) is 35.4 Å². The van der Waals surface area contributed by atoms with Crippen LogP contribution in [-0.2, 0) is 19.1 Å². The lowest BCUT2D eigenvalue weighted by atomic mass is 9.65. The van der Waals surface area contributed by atoms with Gasteiger partial charge in [0.15, 0.2) is 0 Å². The van der Waals surface area contributed by atoms with E-state index in [1.165, 1.54) is 0 Å². The molecular formula is C24H36O5. The van der Waals surface area contributed by atoms with Gasteiger partial charge in [0.2, 0.25) is 0 Å². The standard InChI is InChI=1S/C24H36O5/c1-5-15(3)24(27)29-21-11-14(2)10-17-7-6-16(4)20(23(17)21)9-8-19-12-18(25)13-22(26)28-19/h6-7,10,14-16,18-21,23,25H,5,8-9,11-13H2,1-4H3/t14-,15-,16-,18+,19?,20-,21-,23-/m0/s1/i1D3,5D2,13D2,15D. The number of rotatable bonds is 6. The second kappa shape index (κ2) is 9.46. The molecule has 0 radical (unpaired) electrons. The monoisotopic (exact) mass is 412 g/mol. The Hall–Kier alpha value is -1.62. The maximum Gasteiger partial charge on any atom is 0.308 e. The number of fused-ring (bicyclic) bond motifs is 1. The van der Waals surface area contributed by atoms with Gasteiger partial charge in [0.05, 0.1) is 18.4 Å². The highest BCUT2D eigenvalue weighted by molar-refractivity contribution is 5.72. The summed E-state index contributed by atoms with van der Waals surface area (Å²) in [6.07, 6.45) is -1.10. The Morgan fingerprint density at radius 2 is 2.28 bits per heavy atom. The van der Waals surface area contributed by atoms with E-state index in [1.54, 1.807) is 0 Å². The van der Waals surface area contributed by atoms with Crippen LogP contribution in [0.4, 0.5) is 0 Å². The van der Waals surface area contributed by atoms with Crippen molar-refractivity contribution >= 4 is 11.9 Å². The summed E-state index contributed by atoms with van der Waals surface area (Å²) in [5, 5.41) is 10.1. The van der Waals surface area contributed by atoms with E-state index in [4.69, 9.17) is 20.4 Å². The number of carbonyl (C=O) groups excluding carboxylic acids is 2. The van der Waals surface area contributed by atoms with Crippen LogP contribution in [0.15, 0.2) is 23.8 Å². The Labute approximate surface area is 185 Å². The first kappa shape index (κ1) is 13.6. The molecule has 1 N–H and O–H groups in total. The van der Waals surface area contributed by atoms with Crippen molar-refractivity contribution in [2.75, 3.05) is 0 Å². The topological polar surface area (TPSA) is 72.8 Å². The Morgan fingerprint density at radius 3 is 3.00 bits per heavy atom. The smallest absolute Gasteiger partial charge is 0.308 e. The predicted octanol–water partition coefficient (Wildman–Crippen LogP) is 4.20. The molecule has 0 bridgehead atoms. The number of carbonyl (C=O) groups is 2. The van der Waals surface area contributed by atoms with Gasteiger partial charge in [-0.25, -0.2) is 0 Å². The van der Waals surface area contributed by atoms with E-state index in [2.05, 4.69) is 6.08 Å². The summed E-state index contributed by atoms with van der Waals surface area (Å²) in [6.45, 7) is 1.67. The van der Waals surface area contributed by atoms with E-state index in [-0.39, 0.29) is 30.1 Å². The highest BCUT2D eigenvalue weighted by atomic mass is 16.5. The van der Waals surface area contributed by atoms with Crippen molar-refractivity contribution in [2.45, 2.75) is 84.4 Å². The maximum absolute atomic E-state index is 13.1. The van der Waals surface area contributed by atoms with Crippen LogP contribution in [0.5, 0.6) is 0 Å². The van der Waals surface area contributed by atoms with E-state index in [9.17, 15) is 14.7 Å². The molecule has 1 heterocycles. The van der Waals surface area contributed by atoms with Crippen molar-refractivity contribution < 1.29 is 35.1 Å². The molecule has 8 atom stereocenters. The number of allylic oxidation sites excluding steroid dienone is 3. The molecule has 1 aliphatic heterocycles. The normalized spacial score (nSPS) is 45.7. The first-order valence-electron chi connectivity index (χ1n) is 14.3. The summed E-state index contributed by atoms with van der Waals surface area (Å²) in [6, 6.07) is 0. The van der Waals surface area contributed by atoms with Crippen LogP contribution >= 0.6 is 0 Å². The minimum absolute atomic E-state index is 0.0239. The molecular weight excluding hydrogens is 368 g/mol. The zero-order valence-corrected chi connectivity index (χ0v) is 17.2. The maximum atomic E-state index is 13.1. The SMILES string of the molecule is [2H]C1([2H])C(=O)OC(CC[C@@H]2[C@@H]3C(=C[C@H](C)C[C@@H]3OC(=O)[C@@]([2H])(C)C([2H])([2H])C([2H])([2H])[2H])C=C[C@@H]2C)C[C@H]1O. The van der Waals surface area contributed by atoms with Gasteiger partial charge in [0.1, 0.15) is 12.2 Å². The minimum atomic E-state index is -3.20. The third-order valence-electron chi connectivity index (χ3n) is 6.21. The number of hydrogen-bond donors (Lipinski definition) is 1. The van der Waals surface area contributed by atoms with Crippen LogP contribution in [0.2, 0.25) is 0 Å². The van der Waals surface area contributed by atoms with Gasteiger partial charge in [-0.15, -0.1) is 0 Å².